The molecule has 8 heteroatoms. The third-order valence-electron chi connectivity index (χ3n) is 1.07. The molecule has 0 aliphatic carbocycles. The Morgan fingerprint density at radius 2 is 2.00 bits per heavy atom. The van der Waals surface area contributed by atoms with Crippen molar-refractivity contribution in [2.45, 2.75) is 6.36 Å². The molecular weight excluding hydrogens is 293 g/mol. The van der Waals surface area contributed by atoms with E-state index in [4.69, 9.17) is 11.6 Å². The Labute approximate surface area is 89.0 Å². The number of rotatable bonds is 1. The van der Waals surface area contributed by atoms with Gasteiger partial charge in [-0.3, -0.25) is 0 Å². The van der Waals surface area contributed by atoms with Crippen LogP contribution in [0.3, 0.4) is 0 Å². The van der Waals surface area contributed by atoms with Crippen LogP contribution in [0, 0.1) is 5.82 Å². The lowest BCUT2D eigenvalue weighted by Gasteiger charge is -2.09. The molecule has 1 heterocycles. The Bertz CT molecular complexity index is 356. The van der Waals surface area contributed by atoms with Crippen molar-refractivity contribution in [1.82, 2.24) is 4.98 Å². The maximum Gasteiger partial charge on any atom is 0.574 e. The number of ether oxygens (including phenoxy) is 1. The van der Waals surface area contributed by atoms with Crippen LogP contribution in [0.25, 0.3) is 0 Å². The molecule has 0 saturated heterocycles. The predicted molar refractivity (Wildman–Crippen MR) is 43.6 cm³/mol. The van der Waals surface area contributed by atoms with E-state index < -0.39 is 23.2 Å². The molecule has 0 aromatic carbocycles. The zero-order chi connectivity index (χ0) is 10.9. The van der Waals surface area contributed by atoms with E-state index >= 15 is 0 Å². The van der Waals surface area contributed by atoms with E-state index in [1.54, 1.807) is 0 Å². The first-order chi connectivity index (χ1) is 6.29. The average molecular weight is 294 g/mol. The minimum atomic E-state index is -4.89. The van der Waals surface area contributed by atoms with Crippen molar-refractivity contribution in [2.75, 3.05) is 0 Å². The molecule has 0 saturated carbocycles. The smallest absolute Gasteiger partial charge is 0.387 e. The zero-order valence-corrected chi connectivity index (χ0v) is 8.54. The van der Waals surface area contributed by atoms with Crippen LogP contribution >= 0.6 is 27.5 Å². The van der Waals surface area contributed by atoms with Crippen LogP contribution in [-0.4, -0.2) is 11.3 Å². The Morgan fingerprint density at radius 3 is 2.50 bits per heavy atom. The van der Waals surface area contributed by atoms with Crippen LogP contribution in [0.15, 0.2) is 10.5 Å². The minimum absolute atomic E-state index is 0.267. The number of pyridine rings is 1. The van der Waals surface area contributed by atoms with Gasteiger partial charge in [-0.05, 0) is 22.0 Å². The first kappa shape index (κ1) is 11.5. The quantitative estimate of drug-likeness (QED) is 0.584. The normalized spacial score (nSPS) is 11.6. The molecule has 0 N–H and O–H groups in total. The van der Waals surface area contributed by atoms with Crippen LogP contribution in [0.4, 0.5) is 17.6 Å². The summed E-state index contributed by atoms with van der Waals surface area (Å²) in [6, 6.07) is 0.733. The first-order valence-electron chi connectivity index (χ1n) is 3.07. The fraction of sp³-hybridized carbons (Fsp3) is 0.167. The molecule has 0 radical (unpaired) electrons. The van der Waals surface area contributed by atoms with Crippen LogP contribution in [0.1, 0.15) is 0 Å². The monoisotopic (exact) mass is 293 g/mol. The van der Waals surface area contributed by atoms with E-state index in [0.29, 0.717) is 0 Å². The second-order valence-electron chi connectivity index (χ2n) is 2.10. The molecule has 14 heavy (non-hydrogen) atoms. The first-order valence-corrected chi connectivity index (χ1v) is 4.24. The lowest BCUT2D eigenvalue weighted by Crippen LogP contribution is -2.18. The van der Waals surface area contributed by atoms with E-state index in [1.165, 1.54) is 0 Å². The SMILES string of the molecule is Fc1cc(Br)c(OC(F)(F)F)nc1Cl. The summed E-state index contributed by atoms with van der Waals surface area (Å²) >= 11 is 7.81. The molecule has 1 aromatic rings. The molecule has 0 aliphatic heterocycles. The van der Waals surface area contributed by atoms with Gasteiger partial charge in [-0.15, -0.1) is 13.2 Å². The molecule has 1 aromatic heterocycles. The number of hydrogen-bond acceptors (Lipinski definition) is 2. The van der Waals surface area contributed by atoms with E-state index in [1.807, 2.05) is 0 Å². The second-order valence-corrected chi connectivity index (χ2v) is 3.31. The van der Waals surface area contributed by atoms with Gasteiger partial charge in [0.15, 0.2) is 11.0 Å². The van der Waals surface area contributed by atoms with Crippen molar-refractivity contribution < 1.29 is 22.3 Å². The summed E-state index contributed by atoms with van der Waals surface area (Å²) in [5.74, 6) is -1.77. The molecule has 0 spiro atoms. The Hall–Kier alpha value is -0.560. The highest BCUT2D eigenvalue weighted by atomic mass is 79.9. The van der Waals surface area contributed by atoms with Crippen LogP contribution in [0.2, 0.25) is 5.15 Å². The molecule has 78 valence electrons. The fourth-order valence-electron chi connectivity index (χ4n) is 0.610. The van der Waals surface area contributed by atoms with Crippen LogP contribution in [0.5, 0.6) is 5.88 Å². The summed E-state index contributed by atoms with van der Waals surface area (Å²) in [6.07, 6.45) is -4.89. The maximum atomic E-state index is 12.6. The van der Waals surface area contributed by atoms with Gasteiger partial charge in [-0.25, -0.2) is 4.39 Å². The lowest BCUT2D eigenvalue weighted by atomic mass is 10.5. The van der Waals surface area contributed by atoms with E-state index in [9.17, 15) is 17.6 Å². The summed E-state index contributed by atoms with van der Waals surface area (Å²) < 4.78 is 51.0. The number of alkyl halides is 3. The zero-order valence-electron chi connectivity index (χ0n) is 6.20. The maximum absolute atomic E-state index is 12.6. The standard InChI is InChI=1S/C6HBrClF4NO/c7-2-1-3(9)4(8)13-5(2)14-6(10,11)12/h1H. The lowest BCUT2D eigenvalue weighted by molar-refractivity contribution is -0.276. The van der Waals surface area contributed by atoms with Gasteiger partial charge in [0.2, 0.25) is 5.88 Å². The molecule has 0 atom stereocenters. The number of aromatic nitrogens is 1. The average Bonchev–Trinajstić information content (AvgIpc) is 1.97. The molecular formula is C6HBrClF4NO. The van der Waals surface area contributed by atoms with Crippen molar-refractivity contribution >= 4 is 27.5 Å². The van der Waals surface area contributed by atoms with Gasteiger partial charge in [0.05, 0.1) is 4.47 Å². The van der Waals surface area contributed by atoms with Crippen molar-refractivity contribution in [3.63, 3.8) is 0 Å². The summed E-state index contributed by atoms with van der Waals surface area (Å²) in [7, 11) is 0. The van der Waals surface area contributed by atoms with E-state index in [0.717, 1.165) is 6.07 Å². The third-order valence-corrected chi connectivity index (χ3v) is 1.90. The highest BCUT2D eigenvalue weighted by Crippen LogP contribution is 2.30. The highest BCUT2D eigenvalue weighted by molar-refractivity contribution is 9.10. The van der Waals surface area contributed by atoms with Gasteiger partial charge in [0, 0.05) is 0 Å². The third kappa shape index (κ3) is 2.98. The van der Waals surface area contributed by atoms with Crippen LogP contribution < -0.4 is 4.74 Å². The van der Waals surface area contributed by atoms with Crippen molar-refractivity contribution in [1.29, 1.82) is 0 Å². The van der Waals surface area contributed by atoms with Gasteiger partial charge >= 0.3 is 6.36 Å². The Kier molecular flexibility index (Phi) is 3.20. The van der Waals surface area contributed by atoms with Gasteiger partial charge < -0.3 is 4.74 Å². The minimum Gasteiger partial charge on any atom is -0.387 e. The molecule has 0 amide bonds. The topological polar surface area (TPSA) is 22.1 Å². The Morgan fingerprint density at radius 1 is 1.43 bits per heavy atom. The van der Waals surface area contributed by atoms with Crippen LogP contribution in [-0.2, 0) is 0 Å². The molecule has 0 fully saturated rings. The summed E-state index contributed by atoms with van der Waals surface area (Å²) in [6.45, 7) is 0. The van der Waals surface area contributed by atoms with E-state index in [2.05, 4.69) is 25.7 Å². The van der Waals surface area contributed by atoms with Gasteiger partial charge in [0.25, 0.3) is 0 Å². The van der Waals surface area contributed by atoms with E-state index in [-0.39, 0.29) is 4.47 Å². The molecule has 0 unspecified atom stereocenters. The predicted octanol–water partition coefficient (Wildman–Crippen LogP) is 3.54. The molecule has 0 aliphatic rings. The summed E-state index contributed by atoms with van der Waals surface area (Å²) in [5, 5.41) is -0.688. The van der Waals surface area contributed by atoms with Gasteiger partial charge in [0.1, 0.15) is 0 Å². The highest BCUT2D eigenvalue weighted by Gasteiger charge is 2.33. The number of hydrogen-bond donors (Lipinski definition) is 0. The summed E-state index contributed by atoms with van der Waals surface area (Å²) in [4.78, 5) is 3.06. The largest absolute Gasteiger partial charge is 0.574 e. The second kappa shape index (κ2) is 3.90. The fourth-order valence-corrected chi connectivity index (χ4v) is 1.11. The number of halogens is 6. The Balaban J connectivity index is 3.04. The van der Waals surface area contributed by atoms with Gasteiger partial charge in [-0.1, -0.05) is 11.6 Å². The number of nitrogens with zero attached hydrogens (tertiary/aromatic N) is 1. The van der Waals surface area contributed by atoms with Gasteiger partial charge in [-0.2, -0.15) is 4.98 Å². The molecule has 0 bridgehead atoms. The summed E-state index contributed by atoms with van der Waals surface area (Å²) in [5.41, 5.74) is 0. The van der Waals surface area contributed by atoms with Crippen molar-refractivity contribution in [3.8, 4) is 5.88 Å². The molecule has 1 rings (SSSR count). The molecule has 2 nitrogen and oxygen atoms in total. The van der Waals surface area contributed by atoms with Crippen molar-refractivity contribution in [2.24, 2.45) is 0 Å². The van der Waals surface area contributed by atoms with Crippen molar-refractivity contribution in [3.05, 3.63) is 21.5 Å².